The Morgan fingerprint density at radius 3 is 2.67 bits per heavy atom. The number of aromatic amines is 1. The van der Waals surface area contributed by atoms with Crippen LogP contribution >= 0.6 is 11.6 Å². The van der Waals surface area contributed by atoms with E-state index in [1.807, 2.05) is 20.8 Å². The molecule has 2 aromatic rings. The molecule has 130 valence electrons. The van der Waals surface area contributed by atoms with Crippen molar-refractivity contribution < 1.29 is 9.53 Å². The zero-order valence-electron chi connectivity index (χ0n) is 14.0. The maximum atomic E-state index is 12.3. The lowest BCUT2D eigenvalue weighted by atomic mass is 10.1. The highest BCUT2D eigenvalue weighted by atomic mass is 35.5. The summed E-state index contributed by atoms with van der Waals surface area (Å²) in [6.45, 7) is 6.64. The number of aromatic nitrogens is 3. The number of nitrogens with one attached hydrogen (secondary N) is 1. The van der Waals surface area contributed by atoms with Gasteiger partial charge in [-0.25, -0.2) is 14.6 Å². The van der Waals surface area contributed by atoms with E-state index in [2.05, 4.69) is 9.97 Å². The minimum Gasteiger partial charge on any atom is -0.444 e. The maximum absolute atomic E-state index is 12.3. The Labute approximate surface area is 144 Å². The molecular formula is C16H21ClN4O3. The van der Waals surface area contributed by atoms with Gasteiger partial charge >= 0.3 is 11.8 Å². The van der Waals surface area contributed by atoms with Crippen molar-refractivity contribution in [2.45, 2.75) is 45.3 Å². The van der Waals surface area contributed by atoms with E-state index in [4.69, 9.17) is 16.3 Å². The van der Waals surface area contributed by atoms with Gasteiger partial charge in [-0.2, -0.15) is 0 Å². The van der Waals surface area contributed by atoms with Crippen LogP contribution < -0.4 is 5.69 Å². The molecule has 3 heterocycles. The van der Waals surface area contributed by atoms with Crippen LogP contribution in [-0.2, 0) is 4.74 Å². The first-order chi connectivity index (χ1) is 11.2. The number of H-pyrrole nitrogens is 1. The van der Waals surface area contributed by atoms with Crippen LogP contribution in [0.15, 0.2) is 17.1 Å². The fourth-order valence-corrected chi connectivity index (χ4v) is 3.13. The van der Waals surface area contributed by atoms with Gasteiger partial charge in [0.05, 0.1) is 10.5 Å². The maximum Gasteiger partial charge on any atom is 0.410 e. The average Bonchev–Trinajstić information content (AvgIpc) is 2.81. The zero-order valence-corrected chi connectivity index (χ0v) is 14.8. The first kappa shape index (κ1) is 16.8. The predicted molar refractivity (Wildman–Crippen MR) is 91.4 cm³/mol. The summed E-state index contributed by atoms with van der Waals surface area (Å²) in [4.78, 5) is 33.0. The summed E-state index contributed by atoms with van der Waals surface area (Å²) in [5, 5.41) is 0.487. The number of piperidine rings is 1. The second kappa shape index (κ2) is 6.12. The number of carbonyl (C=O) groups is 1. The van der Waals surface area contributed by atoms with E-state index in [1.165, 1.54) is 6.20 Å². The summed E-state index contributed by atoms with van der Waals surface area (Å²) in [6.07, 6.45) is 2.56. The smallest absolute Gasteiger partial charge is 0.410 e. The molecule has 1 fully saturated rings. The number of hydrogen-bond donors (Lipinski definition) is 1. The third-order valence-electron chi connectivity index (χ3n) is 4.02. The quantitative estimate of drug-likeness (QED) is 0.855. The van der Waals surface area contributed by atoms with Crippen molar-refractivity contribution >= 4 is 28.9 Å². The Kier molecular flexibility index (Phi) is 4.29. The summed E-state index contributed by atoms with van der Waals surface area (Å²) in [5.41, 5.74) is 0.516. The van der Waals surface area contributed by atoms with E-state index < -0.39 is 5.60 Å². The molecule has 1 amide bonds. The second-order valence-corrected chi connectivity index (χ2v) is 7.46. The summed E-state index contributed by atoms with van der Waals surface area (Å²) in [7, 11) is 0. The molecule has 1 aliphatic rings. The summed E-state index contributed by atoms with van der Waals surface area (Å²) in [5.74, 6) is 0. The summed E-state index contributed by atoms with van der Waals surface area (Å²) < 4.78 is 7.09. The van der Waals surface area contributed by atoms with Crippen LogP contribution in [0.4, 0.5) is 4.79 Å². The monoisotopic (exact) mass is 352 g/mol. The molecule has 1 aliphatic heterocycles. The van der Waals surface area contributed by atoms with E-state index in [-0.39, 0.29) is 17.8 Å². The van der Waals surface area contributed by atoms with Gasteiger partial charge in [0.2, 0.25) is 0 Å². The molecule has 7 nitrogen and oxygen atoms in total. The van der Waals surface area contributed by atoms with Crippen LogP contribution in [-0.4, -0.2) is 44.2 Å². The topological polar surface area (TPSA) is 80.2 Å². The van der Waals surface area contributed by atoms with Crippen LogP contribution in [0.25, 0.3) is 11.2 Å². The number of hydrogen-bond acceptors (Lipinski definition) is 4. The van der Waals surface area contributed by atoms with Crippen molar-refractivity contribution in [1.82, 2.24) is 19.4 Å². The van der Waals surface area contributed by atoms with Gasteiger partial charge in [0.15, 0.2) is 5.65 Å². The molecule has 0 radical (unpaired) electrons. The van der Waals surface area contributed by atoms with Crippen molar-refractivity contribution in [3.05, 3.63) is 27.8 Å². The van der Waals surface area contributed by atoms with E-state index in [0.29, 0.717) is 42.1 Å². The number of ether oxygens (including phenoxy) is 1. The highest BCUT2D eigenvalue weighted by Gasteiger charge is 2.29. The number of carbonyl (C=O) groups excluding carboxylic acids is 1. The zero-order chi connectivity index (χ0) is 17.5. The highest BCUT2D eigenvalue weighted by Crippen LogP contribution is 2.26. The Morgan fingerprint density at radius 1 is 1.38 bits per heavy atom. The van der Waals surface area contributed by atoms with Crippen LogP contribution in [0.2, 0.25) is 5.02 Å². The largest absolute Gasteiger partial charge is 0.444 e. The number of rotatable bonds is 1. The average molecular weight is 353 g/mol. The molecule has 1 saturated heterocycles. The Hall–Kier alpha value is -2.02. The Balaban J connectivity index is 1.76. The van der Waals surface area contributed by atoms with E-state index in [1.54, 1.807) is 15.5 Å². The molecule has 2 aromatic heterocycles. The molecule has 0 aromatic carbocycles. The molecule has 0 unspecified atom stereocenters. The van der Waals surface area contributed by atoms with Crippen molar-refractivity contribution in [2.24, 2.45) is 0 Å². The van der Waals surface area contributed by atoms with Gasteiger partial charge in [0.1, 0.15) is 5.60 Å². The predicted octanol–water partition coefficient (Wildman–Crippen LogP) is 2.95. The minimum absolute atomic E-state index is 0.00482. The number of pyridine rings is 1. The number of imidazole rings is 1. The molecule has 0 spiro atoms. The fourth-order valence-electron chi connectivity index (χ4n) is 2.98. The van der Waals surface area contributed by atoms with Crippen LogP contribution in [0, 0.1) is 0 Å². The minimum atomic E-state index is -0.510. The number of nitrogens with zero attached hydrogens (tertiary/aromatic N) is 3. The first-order valence-corrected chi connectivity index (χ1v) is 8.36. The number of fused-ring (bicyclic) bond motifs is 1. The molecule has 24 heavy (non-hydrogen) atoms. The SMILES string of the molecule is CC(C)(C)OC(=O)N1CCC(n2c(=O)[nH]c3ncc(Cl)cc32)CC1. The lowest BCUT2D eigenvalue weighted by Gasteiger charge is -2.33. The normalized spacial score (nSPS) is 16.6. The summed E-state index contributed by atoms with van der Waals surface area (Å²) >= 11 is 6.00. The van der Waals surface area contributed by atoms with E-state index >= 15 is 0 Å². The van der Waals surface area contributed by atoms with Gasteiger partial charge < -0.3 is 9.64 Å². The van der Waals surface area contributed by atoms with E-state index in [0.717, 1.165) is 0 Å². The molecule has 1 N–H and O–H groups in total. The van der Waals surface area contributed by atoms with Gasteiger partial charge in [-0.1, -0.05) is 11.6 Å². The molecule has 0 aliphatic carbocycles. The third kappa shape index (κ3) is 3.40. The van der Waals surface area contributed by atoms with Crippen molar-refractivity contribution in [3.63, 3.8) is 0 Å². The Bertz CT molecular complexity index is 813. The van der Waals surface area contributed by atoms with Crippen LogP contribution in [0.5, 0.6) is 0 Å². The summed E-state index contributed by atoms with van der Waals surface area (Å²) in [6, 6.07) is 1.74. The van der Waals surface area contributed by atoms with Crippen LogP contribution in [0.1, 0.15) is 39.7 Å². The van der Waals surface area contributed by atoms with Gasteiger partial charge in [-0.3, -0.25) is 9.55 Å². The van der Waals surface area contributed by atoms with E-state index in [9.17, 15) is 9.59 Å². The number of halogens is 1. The van der Waals surface area contributed by atoms with Gasteiger partial charge in [0.25, 0.3) is 0 Å². The van der Waals surface area contributed by atoms with Crippen molar-refractivity contribution in [3.8, 4) is 0 Å². The standard InChI is InChI=1S/C16H21ClN4O3/c1-16(2,3)24-15(23)20-6-4-11(5-7-20)21-12-8-10(17)9-18-13(12)19-14(21)22/h8-9,11H,4-7H2,1-3H3,(H,18,19,22). The molecule has 8 heteroatoms. The molecule has 3 rings (SSSR count). The molecule has 0 saturated carbocycles. The van der Waals surface area contributed by atoms with Gasteiger partial charge in [-0.15, -0.1) is 0 Å². The highest BCUT2D eigenvalue weighted by molar-refractivity contribution is 6.31. The van der Waals surface area contributed by atoms with Crippen molar-refractivity contribution in [1.29, 1.82) is 0 Å². The van der Waals surface area contributed by atoms with Gasteiger partial charge in [0, 0.05) is 25.3 Å². The lowest BCUT2D eigenvalue weighted by molar-refractivity contribution is 0.0189. The Morgan fingerprint density at radius 2 is 2.04 bits per heavy atom. The first-order valence-electron chi connectivity index (χ1n) is 7.98. The second-order valence-electron chi connectivity index (χ2n) is 7.02. The lowest BCUT2D eigenvalue weighted by Crippen LogP contribution is -2.43. The van der Waals surface area contributed by atoms with Crippen LogP contribution in [0.3, 0.4) is 0 Å². The number of amides is 1. The fraction of sp³-hybridized carbons (Fsp3) is 0.562. The third-order valence-corrected chi connectivity index (χ3v) is 4.23. The van der Waals surface area contributed by atoms with Gasteiger partial charge in [-0.05, 0) is 39.7 Å². The number of likely N-dealkylation sites (tertiary alicyclic amines) is 1. The van der Waals surface area contributed by atoms with Crippen molar-refractivity contribution in [2.75, 3.05) is 13.1 Å². The molecule has 0 atom stereocenters. The molecular weight excluding hydrogens is 332 g/mol. The molecule has 0 bridgehead atoms.